The van der Waals surface area contributed by atoms with Crippen LogP contribution in [-0.4, -0.2) is 26.1 Å². The molecule has 3 rings (SSSR count). The summed E-state index contributed by atoms with van der Waals surface area (Å²) in [5.41, 5.74) is -0.648. The molecule has 2 N–H and O–H groups in total. The number of benzene rings is 3. The SMILES string of the molecule is CCCCCCCCCCCCOc1ccc(S(=O)(=O)Nc2ccc(F)c(C(=O)O)c2)c2ccccc12. The third kappa shape index (κ3) is 8.18. The largest absolute Gasteiger partial charge is 0.493 e. The number of unbranched alkanes of at least 4 members (excludes halogenated alkanes) is 9. The van der Waals surface area contributed by atoms with E-state index in [4.69, 9.17) is 9.84 Å². The topological polar surface area (TPSA) is 92.7 Å². The number of fused-ring (bicyclic) bond motifs is 1. The van der Waals surface area contributed by atoms with Crippen LogP contribution < -0.4 is 9.46 Å². The van der Waals surface area contributed by atoms with E-state index >= 15 is 0 Å². The predicted molar refractivity (Wildman–Crippen MR) is 145 cm³/mol. The molecule has 0 aliphatic rings. The third-order valence-electron chi connectivity index (χ3n) is 6.34. The summed E-state index contributed by atoms with van der Waals surface area (Å²) in [6.45, 7) is 2.78. The quantitative estimate of drug-likeness (QED) is 0.185. The molecule has 0 saturated carbocycles. The summed E-state index contributed by atoms with van der Waals surface area (Å²) in [7, 11) is -4.08. The van der Waals surface area contributed by atoms with Gasteiger partial charge in [0.2, 0.25) is 0 Å². The van der Waals surface area contributed by atoms with Crippen molar-refractivity contribution in [1.29, 1.82) is 0 Å². The molecule has 0 unspecified atom stereocenters. The van der Waals surface area contributed by atoms with Crippen molar-refractivity contribution in [1.82, 2.24) is 0 Å². The van der Waals surface area contributed by atoms with Crippen LogP contribution in [0.1, 0.15) is 81.5 Å². The normalized spacial score (nSPS) is 11.5. The van der Waals surface area contributed by atoms with Gasteiger partial charge in [0.25, 0.3) is 10.0 Å². The number of sulfonamides is 1. The van der Waals surface area contributed by atoms with Crippen molar-refractivity contribution >= 4 is 32.5 Å². The van der Waals surface area contributed by atoms with E-state index in [1.54, 1.807) is 18.2 Å². The summed E-state index contributed by atoms with van der Waals surface area (Å²) >= 11 is 0. The maximum atomic E-state index is 13.7. The zero-order valence-electron chi connectivity index (χ0n) is 21.3. The zero-order chi connectivity index (χ0) is 26.7. The number of hydrogen-bond donors (Lipinski definition) is 2. The van der Waals surface area contributed by atoms with Crippen LogP contribution in [0, 0.1) is 5.82 Å². The molecule has 0 atom stereocenters. The highest BCUT2D eigenvalue weighted by molar-refractivity contribution is 7.93. The van der Waals surface area contributed by atoms with Gasteiger partial charge in [0, 0.05) is 16.5 Å². The van der Waals surface area contributed by atoms with E-state index in [9.17, 15) is 17.6 Å². The van der Waals surface area contributed by atoms with E-state index < -0.39 is 27.4 Å². The first-order valence-electron chi connectivity index (χ1n) is 13.0. The van der Waals surface area contributed by atoms with Crippen LogP contribution in [0.5, 0.6) is 5.75 Å². The van der Waals surface area contributed by atoms with Gasteiger partial charge in [-0.05, 0) is 36.8 Å². The van der Waals surface area contributed by atoms with Crippen LogP contribution in [0.25, 0.3) is 10.8 Å². The van der Waals surface area contributed by atoms with Gasteiger partial charge in [-0.2, -0.15) is 0 Å². The highest BCUT2D eigenvalue weighted by Crippen LogP contribution is 2.32. The molecule has 0 spiro atoms. The first kappa shape index (κ1) is 28.4. The van der Waals surface area contributed by atoms with E-state index in [-0.39, 0.29) is 10.6 Å². The van der Waals surface area contributed by atoms with Gasteiger partial charge >= 0.3 is 5.97 Å². The number of halogens is 1. The minimum absolute atomic E-state index is 0.0237. The smallest absolute Gasteiger partial charge is 0.338 e. The molecule has 3 aromatic rings. The predicted octanol–water partition coefficient (Wildman–Crippen LogP) is 7.78. The molecule has 0 aliphatic carbocycles. The lowest BCUT2D eigenvalue weighted by atomic mass is 10.1. The molecule has 0 amide bonds. The van der Waals surface area contributed by atoms with Crippen molar-refractivity contribution in [2.45, 2.75) is 76.0 Å². The van der Waals surface area contributed by atoms with E-state index in [0.717, 1.165) is 25.0 Å². The van der Waals surface area contributed by atoms with Gasteiger partial charge < -0.3 is 9.84 Å². The highest BCUT2D eigenvalue weighted by atomic mass is 32.2. The summed E-state index contributed by atoms with van der Waals surface area (Å²) < 4.78 is 48.4. The number of aromatic carboxylic acids is 1. The molecule has 0 aliphatic heterocycles. The van der Waals surface area contributed by atoms with E-state index in [0.29, 0.717) is 23.1 Å². The Labute approximate surface area is 218 Å². The van der Waals surface area contributed by atoms with E-state index in [1.807, 2.05) is 12.1 Å². The molecule has 8 heteroatoms. The Morgan fingerprint density at radius 2 is 1.49 bits per heavy atom. The second kappa shape index (κ2) is 14.0. The lowest BCUT2D eigenvalue weighted by Gasteiger charge is -2.14. The zero-order valence-corrected chi connectivity index (χ0v) is 22.2. The average Bonchev–Trinajstić information content (AvgIpc) is 2.88. The fraction of sp³-hybridized carbons (Fsp3) is 0.414. The number of hydrogen-bond acceptors (Lipinski definition) is 4. The Kier molecular flexibility index (Phi) is 10.7. The lowest BCUT2D eigenvalue weighted by molar-refractivity contribution is 0.0692. The van der Waals surface area contributed by atoms with Crippen molar-refractivity contribution in [2.75, 3.05) is 11.3 Å². The molecule has 3 aromatic carbocycles. The Bertz CT molecular complexity index is 1290. The number of rotatable bonds is 16. The maximum Gasteiger partial charge on any atom is 0.338 e. The fourth-order valence-corrected chi connectivity index (χ4v) is 5.60. The third-order valence-corrected chi connectivity index (χ3v) is 7.78. The van der Waals surface area contributed by atoms with Crippen LogP contribution in [0.2, 0.25) is 0 Å². The van der Waals surface area contributed by atoms with Gasteiger partial charge in [0.05, 0.1) is 17.1 Å². The Morgan fingerprint density at radius 1 is 0.865 bits per heavy atom. The number of nitrogens with one attached hydrogen (secondary N) is 1. The van der Waals surface area contributed by atoms with Gasteiger partial charge in [0.15, 0.2) is 0 Å². The molecule has 0 saturated heterocycles. The molecule has 0 bridgehead atoms. The number of carboxylic acids is 1. The van der Waals surface area contributed by atoms with Crippen molar-refractivity contribution in [3.05, 3.63) is 66.0 Å². The van der Waals surface area contributed by atoms with Crippen molar-refractivity contribution < 1.29 is 27.4 Å². The van der Waals surface area contributed by atoms with Crippen LogP contribution in [0.4, 0.5) is 10.1 Å². The standard InChI is InChI=1S/C29H36FNO5S/c1-2-3-4-5-6-7-8-9-10-13-20-36-27-18-19-28(24-15-12-11-14-23(24)27)37(34,35)31-22-16-17-26(30)25(21-22)29(32)33/h11-12,14-19,21,31H,2-10,13,20H2,1H3,(H,32,33). The minimum Gasteiger partial charge on any atom is -0.493 e. The second-order valence-electron chi connectivity index (χ2n) is 9.24. The van der Waals surface area contributed by atoms with Gasteiger partial charge in [0.1, 0.15) is 11.6 Å². The minimum atomic E-state index is -4.08. The van der Waals surface area contributed by atoms with Gasteiger partial charge in [-0.1, -0.05) is 89.0 Å². The number of ether oxygens (including phenoxy) is 1. The van der Waals surface area contributed by atoms with Crippen LogP contribution >= 0.6 is 0 Å². The molecular formula is C29H36FNO5S. The Morgan fingerprint density at radius 3 is 2.14 bits per heavy atom. The molecule has 0 heterocycles. The summed E-state index contributed by atoms with van der Waals surface area (Å²) in [4.78, 5) is 11.2. The lowest BCUT2D eigenvalue weighted by Crippen LogP contribution is -2.14. The van der Waals surface area contributed by atoms with E-state index in [1.165, 1.54) is 63.5 Å². The summed E-state index contributed by atoms with van der Waals surface area (Å²) in [6, 6.07) is 13.2. The number of carboxylic acid groups (broad SMARTS) is 1. The first-order valence-corrected chi connectivity index (χ1v) is 14.5. The molecule has 0 radical (unpaired) electrons. The fourth-order valence-electron chi connectivity index (χ4n) is 4.34. The summed E-state index contributed by atoms with van der Waals surface area (Å²) in [6.07, 6.45) is 12.3. The molecule has 37 heavy (non-hydrogen) atoms. The number of anilines is 1. The van der Waals surface area contributed by atoms with Gasteiger partial charge in [-0.3, -0.25) is 4.72 Å². The molecule has 0 aromatic heterocycles. The molecule has 6 nitrogen and oxygen atoms in total. The Balaban J connectivity index is 1.61. The van der Waals surface area contributed by atoms with Crippen molar-refractivity contribution in [2.24, 2.45) is 0 Å². The summed E-state index contributed by atoms with van der Waals surface area (Å²) in [5, 5.41) is 10.3. The monoisotopic (exact) mass is 529 g/mol. The van der Waals surface area contributed by atoms with Crippen LogP contribution in [0.3, 0.4) is 0 Å². The highest BCUT2D eigenvalue weighted by Gasteiger charge is 2.21. The number of carbonyl (C=O) groups is 1. The van der Waals surface area contributed by atoms with Crippen molar-refractivity contribution in [3.8, 4) is 5.75 Å². The Hall–Kier alpha value is -3.13. The maximum absolute atomic E-state index is 13.7. The average molecular weight is 530 g/mol. The second-order valence-corrected chi connectivity index (χ2v) is 10.9. The molecular weight excluding hydrogens is 493 g/mol. The molecule has 0 fully saturated rings. The van der Waals surface area contributed by atoms with Gasteiger partial charge in [-0.25, -0.2) is 17.6 Å². The van der Waals surface area contributed by atoms with Crippen LogP contribution in [-0.2, 0) is 10.0 Å². The first-order chi connectivity index (χ1) is 17.8. The van der Waals surface area contributed by atoms with Gasteiger partial charge in [-0.15, -0.1) is 0 Å². The van der Waals surface area contributed by atoms with Crippen LogP contribution in [0.15, 0.2) is 59.5 Å². The summed E-state index contributed by atoms with van der Waals surface area (Å²) in [5.74, 6) is -1.81. The molecule has 200 valence electrons. The van der Waals surface area contributed by atoms with Crippen molar-refractivity contribution in [3.63, 3.8) is 0 Å². The van der Waals surface area contributed by atoms with E-state index in [2.05, 4.69) is 11.6 Å².